The van der Waals surface area contributed by atoms with Crippen LogP contribution in [0.1, 0.15) is 30.0 Å². The molecule has 0 heterocycles. The Morgan fingerprint density at radius 2 is 1.70 bits per heavy atom. The zero-order valence-corrected chi connectivity index (χ0v) is 13.4. The molecule has 2 aromatic carbocycles. The van der Waals surface area contributed by atoms with Crippen LogP contribution in [0.2, 0.25) is 0 Å². The summed E-state index contributed by atoms with van der Waals surface area (Å²) in [5, 5.41) is 0. The molecular formula is C17H17F2NO2S. The molecule has 0 radical (unpaired) electrons. The smallest absolute Gasteiger partial charge is 0.207 e. The van der Waals surface area contributed by atoms with Gasteiger partial charge in [-0.15, -0.1) is 0 Å². The van der Waals surface area contributed by atoms with Crippen LogP contribution >= 0.6 is 0 Å². The van der Waals surface area contributed by atoms with Crippen molar-refractivity contribution in [2.75, 3.05) is 0 Å². The lowest BCUT2D eigenvalue weighted by Crippen LogP contribution is -2.30. The van der Waals surface area contributed by atoms with E-state index in [1.165, 1.54) is 0 Å². The van der Waals surface area contributed by atoms with E-state index < -0.39 is 21.7 Å². The van der Waals surface area contributed by atoms with Crippen molar-refractivity contribution in [1.82, 2.24) is 4.72 Å². The average Bonchev–Trinajstić information content (AvgIpc) is 3.33. The molecule has 3 nitrogen and oxygen atoms in total. The van der Waals surface area contributed by atoms with Crippen LogP contribution in [0.4, 0.5) is 8.78 Å². The molecule has 1 saturated carbocycles. The van der Waals surface area contributed by atoms with Gasteiger partial charge in [0.15, 0.2) is 11.6 Å². The van der Waals surface area contributed by atoms with Gasteiger partial charge in [-0.25, -0.2) is 21.9 Å². The minimum atomic E-state index is -3.92. The SMILES string of the molecule is Cc1ccc([C@@H](NS(=O)(=O)c2ccc(F)c(F)c2)C2CC2)cc1. The minimum absolute atomic E-state index is 0.234. The van der Waals surface area contributed by atoms with Crippen LogP contribution in [0.25, 0.3) is 0 Å². The van der Waals surface area contributed by atoms with E-state index in [-0.39, 0.29) is 16.9 Å². The van der Waals surface area contributed by atoms with E-state index in [1.54, 1.807) is 0 Å². The Balaban J connectivity index is 1.90. The summed E-state index contributed by atoms with van der Waals surface area (Å²) in [5.74, 6) is -2.01. The highest BCUT2D eigenvalue weighted by Gasteiger charge is 2.35. The van der Waals surface area contributed by atoms with Crippen molar-refractivity contribution >= 4 is 10.0 Å². The van der Waals surface area contributed by atoms with Crippen LogP contribution < -0.4 is 4.72 Å². The Labute approximate surface area is 134 Å². The number of rotatable bonds is 5. The molecule has 0 bridgehead atoms. The number of hydrogen-bond donors (Lipinski definition) is 1. The second kappa shape index (κ2) is 6.02. The Hall–Kier alpha value is -1.79. The highest BCUT2D eigenvalue weighted by molar-refractivity contribution is 7.89. The van der Waals surface area contributed by atoms with Gasteiger partial charge < -0.3 is 0 Å². The van der Waals surface area contributed by atoms with Gasteiger partial charge >= 0.3 is 0 Å². The van der Waals surface area contributed by atoms with E-state index in [0.29, 0.717) is 6.07 Å². The monoisotopic (exact) mass is 337 g/mol. The number of sulfonamides is 1. The maximum Gasteiger partial charge on any atom is 0.241 e. The van der Waals surface area contributed by atoms with Gasteiger partial charge in [-0.05, 0) is 49.4 Å². The Morgan fingerprint density at radius 1 is 1.04 bits per heavy atom. The fourth-order valence-electron chi connectivity index (χ4n) is 2.52. The van der Waals surface area contributed by atoms with E-state index in [2.05, 4.69) is 4.72 Å². The third-order valence-electron chi connectivity index (χ3n) is 4.01. The highest BCUT2D eigenvalue weighted by atomic mass is 32.2. The molecule has 6 heteroatoms. The molecule has 0 unspecified atom stereocenters. The third-order valence-corrected chi connectivity index (χ3v) is 5.45. The lowest BCUT2D eigenvalue weighted by atomic mass is 10.0. The van der Waals surface area contributed by atoms with Gasteiger partial charge in [0.25, 0.3) is 0 Å². The molecule has 23 heavy (non-hydrogen) atoms. The summed E-state index contributed by atoms with van der Waals surface area (Å²) in [5.41, 5.74) is 1.97. The molecule has 0 amide bonds. The van der Waals surface area contributed by atoms with Gasteiger partial charge in [0.05, 0.1) is 4.90 Å². The maximum absolute atomic E-state index is 13.3. The van der Waals surface area contributed by atoms with Gasteiger partial charge in [-0.3, -0.25) is 0 Å². The van der Waals surface area contributed by atoms with Gasteiger partial charge in [-0.1, -0.05) is 29.8 Å². The van der Waals surface area contributed by atoms with E-state index >= 15 is 0 Å². The molecule has 1 atom stereocenters. The van der Waals surface area contributed by atoms with E-state index in [0.717, 1.165) is 36.1 Å². The number of benzene rings is 2. The van der Waals surface area contributed by atoms with Crippen molar-refractivity contribution in [3.05, 3.63) is 65.2 Å². The number of aryl methyl sites for hydroxylation is 1. The first kappa shape index (κ1) is 16.1. The zero-order valence-electron chi connectivity index (χ0n) is 12.6. The van der Waals surface area contributed by atoms with E-state index in [1.807, 2.05) is 31.2 Å². The van der Waals surface area contributed by atoms with Crippen molar-refractivity contribution in [2.45, 2.75) is 30.7 Å². The van der Waals surface area contributed by atoms with Crippen LogP contribution in [-0.2, 0) is 10.0 Å². The van der Waals surface area contributed by atoms with Gasteiger partial charge in [0, 0.05) is 6.04 Å². The molecule has 0 aliphatic heterocycles. The van der Waals surface area contributed by atoms with Crippen molar-refractivity contribution < 1.29 is 17.2 Å². The molecule has 0 saturated heterocycles. The molecule has 3 rings (SSSR count). The summed E-state index contributed by atoms with van der Waals surface area (Å²) in [6.07, 6.45) is 1.89. The first-order valence-electron chi connectivity index (χ1n) is 7.41. The molecule has 1 fully saturated rings. The highest BCUT2D eigenvalue weighted by Crippen LogP contribution is 2.41. The van der Waals surface area contributed by atoms with Crippen LogP contribution in [-0.4, -0.2) is 8.42 Å². The van der Waals surface area contributed by atoms with Gasteiger partial charge in [0.1, 0.15) is 0 Å². The Bertz CT molecular complexity index is 815. The largest absolute Gasteiger partial charge is 0.241 e. The molecule has 122 valence electrons. The summed E-state index contributed by atoms with van der Waals surface area (Å²) >= 11 is 0. The molecular weight excluding hydrogens is 320 g/mol. The standard InChI is InChI=1S/C17H17F2NO2S/c1-11-2-4-12(5-3-11)17(13-6-7-13)20-23(21,22)14-8-9-15(18)16(19)10-14/h2-5,8-10,13,17,20H,6-7H2,1H3/t17-/m1/s1. The second-order valence-electron chi connectivity index (χ2n) is 5.92. The quantitative estimate of drug-likeness (QED) is 0.904. The molecule has 2 aromatic rings. The van der Waals surface area contributed by atoms with Gasteiger partial charge in [0.2, 0.25) is 10.0 Å². The second-order valence-corrected chi connectivity index (χ2v) is 7.64. The van der Waals surface area contributed by atoms with Crippen LogP contribution in [0.5, 0.6) is 0 Å². The average molecular weight is 337 g/mol. The van der Waals surface area contributed by atoms with Gasteiger partial charge in [-0.2, -0.15) is 0 Å². The zero-order chi connectivity index (χ0) is 16.6. The summed E-state index contributed by atoms with van der Waals surface area (Å²) < 4.78 is 53.9. The van der Waals surface area contributed by atoms with Crippen molar-refractivity contribution in [1.29, 1.82) is 0 Å². The van der Waals surface area contributed by atoms with Crippen LogP contribution in [0.15, 0.2) is 47.4 Å². The number of hydrogen-bond acceptors (Lipinski definition) is 2. The summed E-state index contributed by atoms with van der Waals surface area (Å²) in [6.45, 7) is 1.96. The fourth-order valence-corrected chi connectivity index (χ4v) is 3.82. The first-order valence-corrected chi connectivity index (χ1v) is 8.89. The lowest BCUT2D eigenvalue weighted by molar-refractivity contribution is 0.501. The normalized spacial score (nSPS) is 16.3. The number of nitrogens with one attached hydrogen (secondary N) is 1. The predicted molar refractivity (Wildman–Crippen MR) is 83.3 cm³/mol. The Kier molecular flexibility index (Phi) is 4.21. The molecule has 0 spiro atoms. The summed E-state index contributed by atoms with van der Waals surface area (Å²) in [4.78, 5) is -0.269. The molecule has 1 aliphatic carbocycles. The fraction of sp³-hybridized carbons (Fsp3) is 0.294. The third kappa shape index (κ3) is 3.59. The van der Waals surface area contributed by atoms with E-state index in [4.69, 9.17) is 0 Å². The molecule has 1 N–H and O–H groups in total. The Morgan fingerprint density at radius 3 is 2.26 bits per heavy atom. The lowest BCUT2D eigenvalue weighted by Gasteiger charge is -2.19. The summed E-state index contributed by atoms with van der Waals surface area (Å²) in [6, 6.07) is 9.89. The van der Waals surface area contributed by atoms with Crippen molar-refractivity contribution in [3.63, 3.8) is 0 Å². The predicted octanol–water partition coefficient (Wildman–Crippen LogP) is 3.70. The van der Waals surface area contributed by atoms with E-state index in [9.17, 15) is 17.2 Å². The minimum Gasteiger partial charge on any atom is -0.207 e. The molecule has 0 aromatic heterocycles. The van der Waals surface area contributed by atoms with Crippen molar-refractivity contribution in [3.8, 4) is 0 Å². The molecule has 1 aliphatic rings. The number of halogens is 2. The summed E-state index contributed by atoms with van der Waals surface area (Å²) in [7, 11) is -3.92. The maximum atomic E-state index is 13.3. The first-order chi connectivity index (χ1) is 10.9. The van der Waals surface area contributed by atoms with Crippen LogP contribution in [0, 0.1) is 24.5 Å². The van der Waals surface area contributed by atoms with Crippen molar-refractivity contribution in [2.24, 2.45) is 5.92 Å². The van der Waals surface area contributed by atoms with Crippen LogP contribution in [0.3, 0.4) is 0 Å². The topological polar surface area (TPSA) is 46.2 Å².